The van der Waals surface area contributed by atoms with Crippen LogP contribution in [0, 0.1) is 0 Å². The zero-order valence-corrected chi connectivity index (χ0v) is 21.1. The number of nitrogens with one attached hydrogen (secondary N) is 2. The Hall–Kier alpha value is -1.91. The number of carboxylic acids is 1. The Morgan fingerprint density at radius 1 is 0.639 bits per heavy atom. The Morgan fingerprint density at radius 3 is 1.56 bits per heavy atom. The monoisotopic (exact) mass is 524 g/mol. The molecule has 0 aliphatic carbocycles. The molecule has 0 fully saturated rings. The number of rotatable bonds is 27. The van der Waals surface area contributed by atoms with Crippen LogP contribution >= 0.6 is 0 Å². The first kappa shape index (κ1) is 34.1. The number of hydrogen-bond donors (Lipinski definition) is 5. The molecule has 0 heterocycles. The third-order valence-corrected chi connectivity index (χ3v) is 4.35. The fourth-order valence-corrected chi connectivity index (χ4v) is 2.62. The second kappa shape index (κ2) is 26.2. The maximum absolute atomic E-state index is 11.9. The van der Waals surface area contributed by atoms with Crippen molar-refractivity contribution in [1.29, 1.82) is 0 Å². The van der Waals surface area contributed by atoms with E-state index in [0.29, 0.717) is 78.7 Å². The van der Waals surface area contributed by atoms with Gasteiger partial charge in [-0.1, -0.05) is 0 Å². The molecule has 0 aliphatic heterocycles. The highest BCUT2D eigenvalue weighted by atomic mass is 16.5. The molecule has 14 nitrogen and oxygen atoms in total. The van der Waals surface area contributed by atoms with E-state index in [-0.39, 0.29) is 45.4 Å². The van der Waals surface area contributed by atoms with Crippen molar-refractivity contribution in [3.05, 3.63) is 0 Å². The van der Waals surface area contributed by atoms with Gasteiger partial charge in [-0.2, -0.15) is 0 Å². The molecule has 7 N–H and O–H groups in total. The van der Waals surface area contributed by atoms with Crippen LogP contribution in [0.15, 0.2) is 0 Å². The van der Waals surface area contributed by atoms with Crippen molar-refractivity contribution < 1.29 is 47.9 Å². The van der Waals surface area contributed by atoms with Crippen LogP contribution in [-0.4, -0.2) is 128 Å². The molecular formula is C22H44N4O10. The summed E-state index contributed by atoms with van der Waals surface area (Å²) >= 11 is 0. The lowest BCUT2D eigenvalue weighted by atomic mass is 10.1. The molecule has 0 spiro atoms. The van der Waals surface area contributed by atoms with E-state index in [4.69, 9.17) is 39.9 Å². The molecule has 0 saturated carbocycles. The van der Waals surface area contributed by atoms with Crippen molar-refractivity contribution in [2.45, 2.75) is 25.3 Å². The van der Waals surface area contributed by atoms with E-state index < -0.39 is 17.9 Å². The molecule has 0 radical (unpaired) electrons. The minimum Gasteiger partial charge on any atom is -0.480 e. The molecule has 0 aromatic heterocycles. The summed E-state index contributed by atoms with van der Waals surface area (Å²) < 4.78 is 31.2. The van der Waals surface area contributed by atoms with Crippen LogP contribution in [0.2, 0.25) is 0 Å². The van der Waals surface area contributed by atoms with Crippen molar-refractivity contribution in [2.75, 3.05) is 98.9 Å². The Balaban J connectivity index is 3.69. The Morgan fingerprint density at radius 2 is 1.08 bits per heavy atom. The summed E-state index contributed by atoms with van der Waals surface area (Å²) in [7, 11) is 0. The van der Waals surface area contributed by atoms with Crippen LogP contribution < -0.4 is 22.1 Å². The van der Waals surface area contributed by atoms with Gasteiger partial charge in [0.2, 0.25) is 11.8 Å². The number of carbonyl (C=O) groups is 3. The average Bonchev–Trinajstić information content (AvgIpc) is 2.85. The quantitative estimate of drug-likeness (QED) is 0.0731. The summed E-state index contributed by atoms with van der Waals surface area (Å²) in [6.45, 7) is 4.74. The first-order valence-corrected chi connectivity index (χ1v) is 12.2. The number of carbonyl (C=O) groups excluding carboxylic acids is 2. The number of carboxylic acid groups (broad SMARTS) is 1. The van der Waals surface area contributed by atoms with E-state index in [1.807, 2.05) is 0 Å². The first-order valence-electron chi connectivity index (χ1n) is 12.2. The lowest BCUT2D eigenvalue weighted by Gasteiger charge is -2.15. The van der Waals surface area contributed by atoms with Crippen molar-refractivity contribution in [3.8, 4) is 0 Å². The Labute approximate surface area is 212 Å². The van der Waals surface area contributed by atoms with E-state index >= 15 is 0 Å². The highest BCUT2D eigenvalue weighted by Gasteiger charge is 2.19. The number of nitrogens with two attached hydrogens (primary N) is 2. The molecule has 0 rings (SSSR count). The summed E-state index contributed by atoms with van der Waals surface area (Å²) in [5, 5.41) is 14.4. The fourth-order valence-electron chi connectivity index (χ4n) is 2.62. The molecule has 36 heavy (non-hydrogen) atoms. The van der Waals surface area contributed by atoms with Gasteiger partial charge in [-0.15, -0.1) is 0 Å². The van der Waals surface area contributed by atoms with Gasteiger partial charge < -0.3 is 55.6 Å². The van der Waals surface area contributed by atoms with Crippen LogP contribution in [0.25, 0.3) is 0 Å². The van der Waals surface area contributed by atoms with Gasteiger partial charge >= 0.3 is 5.97 Å². The zero-order chi connectivity index (χ0) is 26.7. The number of amides is 2. The molecule has 2 amide bonds. The average molecular weight is 525 g/mol. The lowest BCUT2D eigenvalue weighted by molar-refractivity contribution is -0.142. The fraction of sp³-hybridized carbons (Fsp3) is 0.864. The maximum atomic E-state index is 11.9. The molecule has 212 valence electrons. The largest absolute Gasteiger partial charge is 0.480 e. The predicted molar refractivity (Wildman–Crippen MR) is 129 cm³/mol. The van der Waals surface area contributed by atoms with Gasteiger partial charge in [0.15, 0.2) is 0 Å². The smallest absolute Gasteiger partial charge is 0.326 e. The minimum atomic E-state index is -1.13. The summed E-state index contributed by atoms with van der Waals surface area (Å²) in [4.78, 5) is 35.0. The predicted octanol–water partition coefficient (Wildman–Crippen LogP) is -2.14. The second-order valence-corrected chi connectivity index (χ2v) is 7.44. The van der Waals surface area contributed by atoms with Crippen LogP contribution in [0.3, 0.4) is 0 Å². The maximum Gasteiger partial charge on any atom is 0.326 e. The third kappa shape index (κ3) is 23.8. The number of aliphatic carboxylic acids is 1. The molecule has 1 atom stereocenters. The van der Waals surface area contributed by atoms with E-state index in [0.717, 1.165) is 0 Å². The van der Waals surface area contributed by atoms with E-state index in [2.05, 4.69) is 10.6 Å². The van der Waals surface area contributed by atoms with Crippen molar-refractivity contribution >= 4 is 17.8 Å². The van der Waals surface area contributed by atoms with Gasteiger partial charge in [0, 0.05) is 19.6 Å². The van der Waals surface area contributed by atoms with E-state index in [1.54, 1.807) is 0 Å². The molecule has 0 aromatic rings. The van der Waals surface area contributed by atoms with Crippen molar-refractivity contribution in [3.63, 3.8) is 0 Å². The van der Waals surface area contributed by atoms with Gasteiger partial charge in [0.1, 0.15) is 19.3 Å². The van der Waals surface area contributed by atoms with Crippen molar-refractivity contribution in [2.24, 2.45) is 11.5 Å². The molecule has 0 aliphatic rings. The Bertz CT molecular complexity index is 557. The molecule has 0 aromatic carbocycles. The molecular weight excluding hydrogens is 480 g/mol. The minimum absolute atomic E-state index is 0.0893. The highest BCUT2D eigenvalue weighted by Crippen LogP contribution is 2.01. The van der Waals surface area contributed by atoms with Crippen LogP contribution in [-0.2, 0) is 42.8 Å². The van der Waals surface area contributed by atoms with Crippen LogP contribution in [0.4, 0.5) is 0 Å². The van der Waals surface area contributed by atoms with E-state index in [9.17, 15) is 19.5 Å². The normalized spacial score (nSPS) is 11.8. The Kier molecular flexibility index (Phi) is 24.8. The summed E-state index contributed by atoms with van der Waals surface area (Å²) in [5.41, 5.74) is 10.6. The molecule has 1 unspecified atom stereocenters. The topological polar surface area (TPSA) is 203 Å². The van der Waals surface area contributed by atoms with E-state index in [1.165, 1.54) is 0 Å². The van der Waals surface area contributed by atoms with Gasteiger partial charge in [0.25, 0.3) is 0 Å². The summed E-state index contributed by atoms with van der Waals surface area (Å²) in [5.74, 6) is -1.92. The SMILES string of the molecule is NCCOCCOCCOCC(=O)NCCCCC(NC(=O)COCCOCCOCCN)C(=O)O. The molecule has 0 bridgehead atoms. The molecule has 14 heteroatoms. The zero-order valence-electron chi connectivity index (χ0n) is 21.1. The van der Waals surface area contributed by atoms with Crippen molar-refractivity contribution in [1.82, 2.24) is 10.6 Å². The van der Waals surface area contributed by atoms with Gasteiger partial charge in [-0.05, 0) is 19.3 Å². The van der Waals surface area contributed by atoms with Gasteiger partial charge in [0.05, 0.1) is 66.1 Å². The highest BCUT2D eigenvalue weighted by molar-refractivity contribution is 5.84. The first-order chi connectivity index (χ1) is 17.5. The molecule has 0 saturated heterocycles. The van der Waals surface area contributed by atoms with Crippen LogP contribution in [0.5, 0.6) is 0 Å². The summed E-state index contributed by atoms with van der Waals surface area (Å²) in [6.07, 6.45) is 1.28. The third-order valence-electron chi connectivity index (χ3n) is 4.35. The number of unbranched alkanes of at least 4 members (excludes halogenated alkanes) is 1. The lowest BCUT2D eigenvalue weighted by Crippen LogP contribution is -2.42. The summed E-state index contributed by atoms with van der Waals surface area (Å²) in [6, 6.07) is -1.03. The van der Waals surface area contributed by atoms with Gasteiger partial charge in [-0.25, -0.2) is 4.79 Å². The standard InChI is InChI=1S/C22H44N4O10/c23-4-7-31-9-11-33-13-15-35-17-20(27)25-6-2-1-3-19(22(29)30)26-21(28)18-36-16-14-34-12-10-32-8-5-24/h19H,1-18,23-24H2,(H,25,27)(H,26,28)(H,29,30). The van der Waals surface area contributed by atoms with Crippen LogP contribution in [0.1, 0.15) is 19.3 Å². The number of hydrogen-bond acceptors (Lipinski definition) is 11. The second-order valence-electron chi connectivity index (χ2n) is 7.44. The number of ether oxygens (including phenoxy) is 6. The van der Waals surface area contributed by atoms with Gasteiger partial charge in [-0.3, -0.25) is 9.59 Å².